The van der Waals surface area contributed by atoms with Crippen LogP contribution in [0.5, 0.6) is 0 Å². The molecule has 7 heteroatoms. The van der Waals surface area contributed by atoms with Crippen LogP contribution in [0.3, 0.4) is 0 Å². The third-order valence-corrected chi connectivity index (χ3v) is 2.11. The van der Waals surface area contributed by atoms with Crippen molar-refractivity contribution < 1.29 is 14.7 Å². The van der Waals surface area contributed by atoms with Crippen LogP contribution in [0.15, 0.2) is 0 Å². The van der Waals surface area contributed by atoms with Crippen molar-refractivity contribution in [2.45, 2.75) is 6.42 Å². The Kier molecular flexibility index (Phi) is 1.91. The van der Waals surface area contributed by atoms with Crippen molar-refractivity contribution in [2.24, 2.45) is 0 Å². The number of H-pyrrole nitrogens is 1. The van der Waals surface area contributed by atoms with E-state index in [0.717, 1.165) is 6.42 Å². The van der Waals surface area contributed by atoms with Crippen molar-refractivity contribution in [1.82, 2.24) is 20.3 Å². The molecule has 1 saturated heterocycles. The summed E-state index contributed by atoms with van der Waals surface area (Å²) in [7, 11) is 0. The fraction of sp³-hybridized carbons (Fsp3) is 0.429. The molecule has 74 valence electrons. The van der Waals surface area contributed by atoms with Crippen LogP contribution < -0.4 is 0 Å². The molecule has 2 rings (SSSR count). The first-order chi connectivity index (χ1) is 6.70. The van der Waals surface area contributed by atoms with Crippen LogP contribution in [-0.2, 0) is 0 Å². The van der Waals surface area contributed by atoms with E-state index in [1.165, 1.54) is 0 Å². The third-order valence-electron chi connectivity index (χ3n) is 2.11. The molecule has 2 heterocycles. The molecule has 0 aromatic carbocycles. The first-order valence-corrected chi connectivity index (χ1v) is 4.14. The number of amides is 1. The van der Waals surface area contributed by atoms with Gasteiger partial charge in [-0.3, -0.25) is 9.89 Å². The van der Waals surface area contributed by atoms with Crippen LogP contribution in [0.2, 0.25) is 0 Å². The van der Waals surface area contributed by atoms with Crippen LogP contribution in [0, 0.1) is 0 Å². The van der Waals surface area contributed by atoms with Gasteiger partial charge in [0.1, 0.15) is 0 Å². The number of aromatic amines is 1. The number of hydrogen-bond acceptors (Lipinski definition) is 4. The van der Waals surface area contributed by atoms with E-state index in [1.807, 2.05) is 0 Å². The Morgan fingerprint density at radius 3 is 2.64 bits per heavy atom. The minimum Gasteiger partial charge on any atom is -0.476 e. The zero-order valence-electron chi connectivity index (χ0n) is 7.23. The number of aromatic carboxylic acids is 1. The number of likely N-dealkylation sites (tertiary alicyclic amines) is 1. The topological polar surface area (TPSA) is 99.2 Å². The molecule has 0 saturated carbocycles. The van der Waals surface area contributed by atoms with E-state index < -0.39 is 5.97 Å². The predicted octanol–water partition coefficient (Wildman–Crippen LogP) is -0.651. The molecule has 0 unspecified atom stereocenters. The van der Waals surface area contributed by atoms with E-state index in [4.69, 9.17) is 5.11 Å². The smallest absolute Gasteiger partial charge is 0.358 e. The van der Waals surface area contributed by atoms with Gasteiger partial charge in [0, 0.05) is 13.1 Å². The Hall–Kier alpha value is -1.92. The first-order valence-electron chi connectivity index (χ1n) is 4.14. The zero-order chi connectivity index (χ0) is 10.1. The first kappa shape index (κ1) is 8.67. The minimum absolute atomic E-state index is 0.0443. The lowest BCUT2D eigenvalue weighted by Gasteiger charge is -2.30. The Balaban J connectivity index is 2.26. The van der Waals surface area contributed by atoms with Gasteiger partial charge in [0.25, 0.3) is 5.91 Å². The number of nitrogens with zero attached hydrogens (tertiary/aromatic N) is 3. The molecule has 1 fully saturated rings. The van der Waals surface area contributed by atoms with Gasteiger partial charge < -0.3 is 10.0 Å². The van der Waals surface area contributed by atoms with E-state index in [1.54, 1.807) is 4.90 Å². The summed E-state index contributed by atoms with van der Waals surface area (Å²) in [6, 6.07) is 0. The average Bonchev–Trinajstić information content (AvgIpc) is 2.47. The number of carboxylic acid groups (broad SMARTS) is 1. The van der Waals surface area contributed by atoms with Crippen molar-refractivity contribution in [3.63, 3.8) is 0 Å². The molecule has 0 atom stereocenters. The number of carbonyl (C=O) groups excluding carboxylic acids is 1. The van der Waals surface area contributed by atoms with Crippen LogP contribution in [0.25, 0.3) is 0 Å². The van der Waals surface area contributed by atoms with E-state index in [9.17, 15) is 9.59 Å². The molecule has 0 bridgehead atoms. The lowest BCUT2D eigenvalue weighted by Crippen LogP contribution is -2.42. The number of aromatic nitrogens is 3. The highest BCUT2D eigenvalue weighted by atomic mass is 16.4. The summed E-state index contributed by atoms with van der Waals surface area (Å²) < 4.78 is 0. The summed E-state index contributed by atoms with van der Waals surface area (Å²) >= 11 is 0. The molecule has 0 spiro atoms. The monoisotopic (exact) mass is 196 g/mol. The van der Waals surface area contributed by atoms with Gasteiger partial charge in [0.05, 0.1) is 0 Å². The van der Waals surface area contributed by atoms with Gasteiger partial charge in [-0.15, -0.1) is 5.10 Å². The molecular weight excluding hydrogens is 188 g/mol. The molecule has 1 aromatic heterocycles. The largest absolute Gasteiger partial charge is 0.476 e. The normalized spacial score (nSPS) is 15.0. The van der Waals surface area contributed by atoms with E-state index in [0.29, 0.717) is 13.1 Å². The number of carbonyl (C=O) groups is 2. The highest BCUT2D eigenvalue weighted by Crippen LogP contribution is 2.12. The second-order valence-electron chi connectivity index (χ2n) is 2.99. The van der Waals surface area contributed by atoms with Gasteiger partial charge in [0.15, 0.2) is 5.69 Å². The number of carboxylic acids is 1. The molecule has 1 aliphatic rings. The summed E-state index contributed by atoms with van der Waals surface area (Å²) in [5.41, 5.74) is -0.362. The van der Waals surface area contributed by atoms with Crippen LogP contribution in [0.1, 0.15) is 27.4 Å². The van der Waals surface area contributed by atoms with Crippen molar-refractivity contribution in [1.29, 1.82) is 0 Å². The van der Waals surface area contributed by atoms with Gasteiger partial charge in [-0.05, 0) is 6.42 Å². The van der Waals surface area contributed by atoms with Gasteiger partial charge in [0.2, 0.25) is 5.69 Å². The van der Waals surface area contributed by atoms with Gasteiger partial charge in [-0.25, -0.2) is 4.79 Å². The molecule has 7 nitrogen and oxygen atoms in total. The maximum absolute atomic E-state index is 11.6. The fourth-order valence-electron chi connectivity index (χ4n) is 1.20. The summed E-state index contributed by atoms with van der Waals surface area (Å²) in [6.07, 6.45) is 0.954. The van der Waals surface area contributed by atoms with Crippen LogP contribution >= 0.6 is 0 Å². The molecule has 1 amide bonds. The Bertz CT molecular complexity index is 382. The Morgan fingerprint density at radius 1 is 1.43 bits per heavy atom. The van der Waals surface area contributed by atoms with Crippen molar-refractivity contribution in [2.75, 3.05) is 13.1 Å². The van der Waals surface area contributed by atoms with Gasteiger partial charge in [-0.2, -0.15) is 0 Å². The maximum atomic E-state index is 11.6. The van der Waals surface area contributed by atoms with E-state index >= 15 is 0 Å². The molecule has 2 N–H and O–H groups in total. The summed E-state index contributed by atoms with van der Waals surface area (Å²) in [4.78, 5) is 23.7. The third kappa shape index (κ3) is 1.22. The summed E-state index contributed by atoms with van der Waals surface area (Å²) in [5, 5.41) is 17.6. The standard InChI is InChI=1S/C7H8N4O3/c12-6(11-2-1-3-11)4-5(7(13)14)9-10-8-4/h1-3H2,(H,13,14)(H,8,9,10). The Labute approximate surface area is 78.7 Å². The highest BCUT2D eigenvalue weighted by Gasteiger charge is 2.28. The average molecular weight is 196 g/mol. The van der Waals surface area contributed by atoms with E-state index in [2.05, 4.69) is 15.4 Å². The molecule has 0 radical (unpaired) electrons. The number of hydrogen-bond donors (Lipinski definition) is 2. The van der Waals surface area contributed by atoms with Crippen LogP contribution in [0.4, 0.5) is 0 Å². The second-order valence-corrected chi connectivity index (χ2v) is 2.99. The van der Waals surface area contributed by atoms with E-state index in [-0.39, 0.29) is 17.3 Å². The second kappa shape index (κ2) is 3.09. The number of rotatable bonds is 2. The van der Waals surface area contributed by atoms with Gasteiger partial charge >= 0.3 is 5.97 Å². The lowest BCUT2D eigenvalue weighted by atomic mass is 10.2. The maximum Gasteiger partial charge on any atom is 0.358 e. The highest BCUT2D eigenvalue weighted by molar-refractivity contribution is 6.02. The molecule has 14 heavy (non-hydrogen) atoms. The van der Waals surface area contributed by atoms with Crippen molar-refractivity contribution in [3.05, 3.63) is 11.4 Å². The summed E-state index contributed by atoms with van der Waals surface area (Å²) in [5.74, 6) is -1.60. The molecule has 0 aliphatic carbocycles. The minimum atomic E-state index is -1.25. The molecule has 1 aliphatic heterocycles. The van der Waals surface area contributed by atoms with Gasteiger partial charge in [-0.1, -0.05) is 5.21 Å². The fourth-order valence-corrected chi connectivity index (χ4v) is 1.20. The SMILES string of the molecule is O=C(O)c1nn[nH]c1C(=O)N1CCC1. The number of nitrogens with one attached hydrogen (secondary N) is 1. The summed E-state index contributed by atoms with van der Waals surface area (Å²) in [6.45, 7) is 1.33. The van der Waals surface area contributed by atoms with Crippen LogP contribution in [-0.4, -0.2) is 50.4 Å². The van der Waals surface area contributed by atoms with Crippen molar-refractivity contribution in [3.8, 4) is 0 Å². The predicted molar refractivity (Wildman–Crippen MR) is 43.9 cm³/mol. The Morgan fingerprint density at radius 2 is 2.14 bits per heavy atom. The molecular formula is C7H8N4O3. The zero-order valence-corrected chi connectivity index (χ0v) is 7.23. The van der Waals surface area contributed by atoms with Crippen molar-refractivity contribution >= 4 is 11.9 Å². The molecule has 1 aromatic rings. The lowest BCUT2D eigenvalue weighted by molar-refractivity contribution is 0.0619. The quantitative estimate of drug-likeness (QED) is 0.654.